The molecule has 0 aromatic heterocycles. The number of alkyl halides is 3. The van der Waals surface area contributed by atoms with E-state index < -0.39 is 23.5 Å². The van der Waals surface area contributed by atoms with Crippen molar-refractivity contribution in [3.63, 3.8) is 0 Å². The molecule has 0 aliphatic rings. The summed E-state index contributed by atoms with van der Waals surface area (Å²) >= 11 is 17.3. The number of rotatable bonds is 5. The van der Waals surface area contributed by atoms with Crippen molar-refractivity contribution in [2.75, 3.05) is 20.4 Å². The number of hydrogen-bond acceptors (Lipinski definition) is 5. The molecule has 0 radical (unpaired) electrons. The highest BCUT2D eigenvalue weighted by Crippen LogP contribution is 2.47. The lowest BCUT2D eigenvalue weighted by molar-refractivity contribution is -0.131. The van der Waals surface area contributed by atoms with E-state index in [1.165, 1.54) is 26.4 Å². The van der Waals surface area contributed by atoms with E-state index in [1.54, 1.807) is 12.1 Å². The van der Waals surface area contributed by atoms with E-state index in [0.29, 0.717) is 0 Å². The quantitative estimate of drug-likeness (QED) is 0.344. The SMILES string of the molecule is COP(=O)(CC(=O)Oc1ccccc1C(Cl)(Cl)Cl)OC. The Morgan fingerprint density at radius 3 is 2.25 bits per heavy atom. The van der Waals surface area contributed by atoms with Gasteiger partial charge in [0.05, 0.1) is 0 Å². The zero-order valence-electron chi connectivity index (χ0n) is 10.6. The van der Waals surface area contributed by atoms with Gasteiger partial charge in [0.25, 0.3) is 0 Å². The fraction of sp³-hybridized carbons (Fsp3) is 0.364. The number of ether oxygens (including phenoxy) is 1. The van der Waals surface area contributed by atoms with Crippen LogP contribution in [0.25, 0.3) is 0 Å². The Hall–Kier alpha value is -0.290. The van der Waals surface area contributed by atoms with Gasteiger partial charge in [-0.3, -0.25) is 9.36 Å². The highest BCUT2D eigenvalue weighted by Gasteiger charge is 2.30. The molecule has 0 amide bonds. The maximum Gasteiger partial charge on any atom is 0.341 e. The Morgan fingerprint density at radius 2 is 1.75 bits per heavy atom. The third kappa shape index (κ3) is 4.92. The van der Waals surface area contributed by atoms with Crippen LogP contribution in [-0.4, -0.2) is 26.4 Å². The lowest BCUT2D eigenvalue weighted by atomic mass is 10.2. The first-order valence-corrected chi connectivity index (χ1v) is 8.15. The summed E-state index contributed by atoms with van der Waals surface area (Å²) in [6.45, 7) is 0. The number of hydrogen-bond donors (Lipinski definition) is 0. The van der Waals surface area contributed by atoms with Crippen LogP contribution in [0.2, 0.25) is 0 Å². The van der Waals surface area contributed by atoms with Gasteiger partial charge in [-0.1, -0.05) is 53.0 Å². The Morgan fingerprint density at radius 1 is 1.20 bits per heavy atom. The predicted molar refractivity (Wildman–Crippen MR) is 77.8 cm³/mol. The van der Waals surface area contributed by atoms with Gasteiger partial charge < -0.3 is 13.8 Å². The summed E-state index contributed by atoms with van der Waals surface area (Å²) < 4.78 is 24.4. The second-order valence-corrected chi connectivity index (χ2v) is 8.15. The van der Waals surface area contributed by atoms with Gasteiger partial charge >= 0.3 is 13.6 Å². The second kappa shape index (κ2) is 7.12. The number of halogens is 3. The highest BCUT2D eigenvalue weighted by atomic mass is 35.6. The summed E-state index contributed by atoms with van der Waals surface area (Å²) in [6.07, 6.45) is -0.547. The van der Waals surface area contributed by atoms with E-state index in [4.69, 9.17) is 39.5 Å². The normalized spacial score (nSPS) is 12.2. The topological polar surface area (TPSA) is 61.8 Å². The first-order valence-electron chi connectivity index (χ1n) is 5.29. The number of esters is 1. The molecule has 0 aliphatic carbocycles. The number of carbonyl (C=O) groups excluding carboxylic acids is 1. The van der Waals surface area contributed by atoms with Crippen LogP contribution in [-0.2, 0) is 22.2 Å². The van der Waals surface area contributed by atoms with Gasteiger partial charge in [-0.2, -0.15) is 0 Å². The highest BCUT2D eigenvalue weighted by molar-refractivity contribution is 7.54. The standard InChI is InChI=1S/C11H12Cl3O5P/c1-17-20(16,18-2)7-10(15)19-9-6-4-3-5-8(9)11(12,13)14/h3-6H,7H2,1-2H3. The molecule has 0 saturated carbocycles. The molecule has 0 unspecified atom stereocenters. The summed E-state index contributed by atoms with van der Waals surface area (Å²) in [4.78, 5) is 11.7. The van der Waals surface area contributed by atoms with Gasteiger partial charge in [0.1, 0.15) is 11.9 Å². The van der Waals surface area contributed by atoms with Crippen molar-refractivity contribution in [3.05, 3.63) is 29.8 Å². The van der Waals surface area contributed by atoms with E-state index in [-0.39, 0.29) is 11.3 Å². The third-order valence-corrected chi connectivity index (χ3v) is 4.66. The Balaban J connectivity index is 2.90. The van der Waals surface area contributed by atoms with Gasteiger partial charge in [-0.25, -0.2) is 0 Å². The van der Waals surface area contributed by atoms with Crippen LogP contribution in [0.1, 0.15) is 5.56 Å². The van der Waals surface area contributed by atoms with E-state index in [9.17, 15) is 9.36 Å². The van der Waals surface area contributed by atoms with Gasteiger partial charge in [-0.15, -0.1) is 0 Å². The monoisotopic (exact) mass is 360 g/mol. The van der Waals surface area contributed by atoms with Crippen molar-refractivity contribution in [1.82, 2.24) is 0 Å². The molecular formula is C11H12Cl3O5P. The van der Waals surface area contributed by atoms with Crippen molar-refractivity contribution < 1.29 is 23.1 Å². The van der Waals surface area contributed by atoms with Crippen molar-refractivity contribution in [2.24, 2.45) is 0 Å². The predicted octanol–water partition coefficient (Wildman–Crippen LogP) is 3.90. The molecule has 9 heteroatoms. The number of benzene rings is 1. The fourth-order valence-electron chi connectivity index (χ4n) is 1.31. The van der Waals surface area contributed by atoms with Crippen LogP contribution >= 0.6 is 42.4 Å². The third-order valence-electron chi connectivity index (χ3n) is 2.30. The van der Waals surface area contributed by atoms with E-state index in [2.05, 4.69) is 9.05 Å². The second-order valence-electron chi connectivity index (χ2n) is 3.60. The van der Waals surface area contributed by atoms with E-state index in [0.717, 1.165) is 0 Å². The number of carbonyl (C=O) groups is 1. The Bertz CT molecular complexity index is 521. The summed E-state index contributed by atoms with van der Waals surface area (Å²) in [5, 5.41) is 0. The summed E-state index contributed by atoms with van der Waals surface area (Å²) in [5.41, 5.74) is 0.197. The minimum atomic E-state index is -3.50. The Labute approximate surface area is 131 Å². The zero-order valence-corrected chi connectivity index (χ0v) is 13.8. The van der Waals surface area contributed by atoms with Gasteiger partial charge in [0.2, 0.25) is 3.79 Å². The largest absolute Gasteiger partial charge is 0.426 e. The molecule has 0 aliphatic heterocycles. The summed E-state index contributed by atoms with van der Waals surface area (Å²) in [5.74, 6) is -0.755. The molecule has 5 nitrogen and oxygen atoms in total. The van der Waals surface area contributed by atoms with Crippen molar-refractivity contribution in [2.45, 2.75) is 3.79 Å². The van der Waals surface area contributed by atoms with Crippen LogP contribution < -0.4 is 4.74 Å². The van der Waals surface area contributed by atoms with Crippen LogP contribution in [0.15, 0.2) is 24.3 Å². The molecule has 1 rings (SSSR count). The molecule has 0 spiro atoms. The lowest BCUT2D eigenvalue weighted by Crippen LogP contribution is -2.16. The van der Waals surface area contributed by atoms with Crippen LogP contribution in [0.5, 0.6) is 5.75 Å². The molecule has 20 heavy (non-hydrogen) atoms. The average molecular weight is 362 g/mol. The van der Waals surface area contributed by atoms with E-state index >= 15 is 0 Å². The van der Waals surface area contributed by atoms with Gasteiger partial charge in [0.15, 0.2) is 0 Å². The first kappa shape index (κ1) is 17.8. The fourth-order valence-corrected chi connectivity index (χ4v) is 2.56. The molecule has 0 atom stereocenters. The molecule has 0 bridgehead atoms. The van der Waals surface area contributed by atoms with Crippen LogP contribution in [0.4, 0.5) is 0 Å². The van der Waals surface area contributed by atoms with Crippen molar-refractivity contribution >= 4 is 48.4 Å². The summed E-state index contributed by atoms with van der Waals surface area (Å²) in [7, 11) is -1.16. The van der Waals surface area contributed by atoms with Gasteiger partial charge in [-0.05, 0) is 6.07 Å². The molecule has 0 N–H and O–H groups in total. The van der Waals surface area contributed by atoms with E-state index in [1.807, 2.05) is 0 Å². The average Bonchev–Trinajstić information content (AvgIpc) is 2.37. The molecule has 1 aromatic carbocycles. The molecular weight excluding hydrogens is 349 g/mol. The Kier molecular flexibility index (Phi) is 6.32. The minimum absolute atomic E-state index is 0.0660. The van der Waals surface area contributed by atoms with Crippen LogP contribution in [0, 0.1) is 0 Å². The number of para-hydroxylation sites is 1. The van der Waals surface area contributed by atoms with Crippen molar-refractivity contribution in [3.8, 4) is 5.75 Å². The minimum Gasteiger partial charge on any atom is -0.426 e. The van der Waals surface area contributed by atoms with Crippen molar-refractivity contribution in [1.29, 1.82) is 0 Å². The summed E-state index contributed by atoms with van der Waals surface area (Å²) in [6, 6.07) is 6.19. The zero-order chi connectivity index (χ0) is 15.4. The molecule has 0 fully saturated rings. The molecule has 0 heterocycles. The molecule has 0 saturated heterocycles. The first-order chi connectivity index (χ1) is 9.22. The smallest absolute Gasteiger partial charge is 0.341 e. The maximum absolute atomic E-state index is 11.8. The molecule has 1 aromatic rings. The van der Waals surface area contributed by atoms with Crippen LogP contribution in [0.3, 0.4) is 0 Å². The maximum atomic E-state index is 11.8. The molecule has 112 valence electrons. The van der Waals surface area contributed by atoms with Gasteiger partial charge in [0, 0.05) is 19.8 Å². The lowest BCUT2D eigenvalue weighted by Gasteiger charge is -2.17.